The van der Waals surface area contributed by atoms with Crippen LogP contribution in [0.2, 0.25) is 0 Å². The maximum atomic E-state index is 6.02. The van der Waals surface area contributed by atoms with Crippen LogP contribution in [0.3, 0.4) is 0 Å². The van der Waals surface area contributed by atoms with E-state index < -0.39 is 0 Å². The fraction of sp³-hybridized carbons (Fsp3) is 0.667. The van der Waals surface area contributed by atoms with E-state index in [0.717, 1.165) is 30.4 Å². The third-order valence-electron chi connectivity index (χ3n) is 2.95. The van der Waals surface area contributed by atoms with E-state index in [1.54, 1.807) is 11.3 Å². The Morgan fingerprint density at radius 3 is 2.89 bits per heavy atom. The number of hydrogen-bond donors (Lipinski definition) is 1. The van der Waals surface area contributed by atoms with E-state index >= 15 is 0 Å². The zero-order chi connectivity index (χ0) is 13.1. The SMILES string of the molecule is Cc1nc(C)c(CN=C(N)N2CCOC(C)C2)s1.I. The Morgan fingerprint density at radius 2 is 2.32 bits per heavy atom. The highest BCUT2D eigenvalue weighted by atomic mass is 127. The number of nitrogens with two attached hydrogens (primary N) is 1. The lowest BCUT2D eigenvalue weighted by Gasteiger charge is -2.31. The molecule has 7 heteroatoms. The molecular weight excluding hydrogens is 375 g/mol. The molecule has 2 heterocycles. The highest BCUT2D eigenvalue weighted by molar-refractivity contribution is 14.0. The smallest absolute Gasteiger partial charge is 0.191 e. The summed E-state index contributed by atoms with van der Waals surface area (Å²) in [6.07, 6.45) is 0.222. The van der Waals surface area contributed by atoms with E-state index in [9.17, 15) is 0 Å². The Bertz CT molecular complexity index is 449. The topological polar surface area (TPSA) is 63.7 Å². The Kier molecular flexibility index (Phi) is 6.48. The number of aliphatic imine (C=N–C) groups is 1. The minimum absolute atomic E-state index is 0. The van der Waals surface area contributed by atoms with Gasteiger partial charge in [0, 0.05) is 18.0 Å². The molecule has 1 aliphatic heterocycles. The van der Waals surface area contributed by atoms with E-state index in [-0.39, 0.29) is 30.1 Å². The van der Waals surface area contributed by atoms with Crippen molar-refractivity contribution in [1.29, 1.82) is 0 Å². The Hall–Kier alpha value is -0.410. The highest BCUT2D eigenvalue weighted by Crippen LogP contribution is 2.18. The van der Waals surface area contributed by atoms with Gasteiger partial charge in [0.2, 0.25) is 0 Å². The number of thiazole rings is 1. The van der Waals surface area contributed by atoms with Gasteiger partial charge in [-0.15, -0.1) is 35.3 Å². The molecule has 1 aromatic heterocycles. The zero-order valence-electron chi connectivity index (χ0n) is 11.5. The lowest BCUT2D eigenvalue weighted by Crippen LogP contribution is -2.47. The molecule has 0 radical (unpaired) electrons. The maximum Gasteiger partial charge on any atom is 0.191 e. The number of guanidine groups is 1. The van der Waals surface area contributed by atoms with Crippen LogP contribution in [0.1, 0.15) is 22.5 Å². The first-order chi connectivity index (χ1) is 8.56. The monoisotopic (exact) mass is 396 g/mol. The van der Waals surface area contributed by atoms with Crippen LogP contribution >= 0.6 is 35.3 Å². The summed E-state index contributed by atoms with van der Waals surface area (Å²) in [5, 5.41) is 1.08. The van der Waals surface area contributed by atoms with Crippen LogP contribution in [0.4, 0.5) is 0 Å². The van der Waals surface area contributed by atoms with Crippen LogP contribution < -0.4 is 5.73 Å². The molecule has 0 saturated carbocycles. The standard InChI is InChI=1S/C12H20N4OS.HI/c1-8-7-16(4-5-17-8)12(13)14-6-11-9(2)15-10(3)18-11;/h8H,4-7H2,1-3H3,(H2,13,14);1H. The first-order valence-corrected chi connectivity index (χ1v) is 6.97. The molecule has 0 amide bonds. The average Bonchev–Trinajstić information content (AvgIpc) is 2.65. The summed E-state index contributed by atoms with van der Waals surface area (Å²) >= 11 is 1.69. The molecule has 0 bridgehead atoms. The van der Waals surface area contributed by atoms with Crippen molar-refractivity contribution in [3.63, 3.8) is 0 Å². The first-order valence-electron chi connectivity index (χ1n) is 6.15. The molecular formula is C12H21IN4OS. The zero-order valence-corrected chi connectivity index (χ0v) is 14.7. The number of aryl methyl sites for hydroxylation is 2. The second-order valence-corrected chi connectivity index (χ2v) is 5.83. The van der Waals surface area contributed by atoms with Crippen molar-refractivity contribution in [2.24, 2.45) is 10.7 Å². The molecule has 5 nitrogen and oxygen atoms in total. The second-order valence-electron chi connectivity index (χ2n) is 4.54. The Morgan fingerprint density at radius 1 is 1.58 bits per heavy atom. The van der Waals surface area contributed by atoms with Gasteiger partial charge >= 0.3 is 0 Å². The highest BCUT2D eigenvalue weighted by Gasteiger charge is 2.18. The summed E-state index contributed by atoms with van der Waals surface area (Å²) in [5.74, 6) is 0.607. The molecule has 1 atom stereocenters. The molecule has 0 aliphatic carbocycles. The van der Waals surface area contributed by atoms with Crippen LogP contribution in [0, 0.1) is 13.8 Å². The molecule has 2 rings (SSSR count). The van der Waals surface area contributed by atoms with E-state index in [0.29, 0.717) is 12.5 Å². The second kappa shape index (κ2) is 7.39. The van der Waals surface area contributed by atoms with Gasteiger partial charge in [-0.3, -0.25) is 0 Å². The molecule has 1 saturated heterocycles. The summed E-state index contributed by atoms with van der Waals surface area (Å²) in [6.45, 7) is 9.05. The number of aromatic nitrogens is 1. The molecule has 2 N–H and O–H groups in total. The van der Waals surface area contributed by atoms with Gasteiger partial charge in [-0.1, -0.05) is 0 Å². The van der Waals surface area contributed by atoms with Gasteiger partial charge in [-0.05, 0) is 20.8 Å². The number of halogens is 1. The molecule has 1 aliphatic rings. The molecule has 1 aromatic rings. The summed E-state index contributed by atoms with van der Waals surface area (Å²) in [5.41, 5.74) is 7.08. The third kappa shape index (κ3) is 4.57. The average molecular weight is 396 g/mol. The number of ether oxygens (including phenoxy) is 1. The van der Waals surface area contributed by atoms with E-state index in [4.69, 9.17) is 10.5 Å². The predicted molar refractivity (Wildman–Crippen MR) is 89.3 cm³/mol. The summed E-state index contributed by atoms with van der Waals surface area (Å²) in [4.78, 5) is 12.1. The molecule has 1 fully saturated rings. The molecule has 108 valence electrons. The lowest BCUT2D eigenvalue weighted by atomic mass is 10.3. The van der Waals surface area contributed by atoms with Crippen LogP contribution in [0.25, 0.3) is 0 Å². The Balaban J connectivity index is 0.00000180. The van der Waals surface area contributed by atoms with Gasteiger partial charge in [0.25, 0.3) is 0 Å². The Labute approximate surface area is 135 Å². The summed E-state index contributed by atoms with van der Waals surface area (Å²) < 4.78 is 5.48. The summed E-state index contributed by atoms with van der Waals surface area (Å²) in [7, 11) is 0. The number of morpholine rings is 1. The maximum absolute atomic E-state index is 6.02. The van der Waals surface area contributed by atoms with Gasteiger partial charge in [0.1, 0.15) is 0 Å². The fourth-order valence-corrected chi connectivity index (χ4v) is 2.86. The normalized spacial score (nSPS) is 20.3. The van der Waals surface area contributed by atoms with Gasteiger partial charge in [0.05, 0.1) is 30.0 Å². The largest absolute Gasteiger partial charge is 0.375 e. The molecule has 0 spiro atoms. The van der Waals surface area contributed by atoms with Gasteiger partial charge in [-0.25, -0.2) is 9.98 Å². The van der Waals surface area contributed by atoms with Crippen molar-refractivity contribution in [2.45, 2.75) is 33.4 Å². The number of rotatable bonds is 2. The van der Waals surface area contributed by atoms with E-state index in [2.05, 4.69) is 21.8 Å². The van der Waals surface area contributed by atoms with Crippen molar-refractivity contribution >= 4 is 41.3 Å². The van der Waals surface area contributed by atoms with Crippen molar-refractivity contribution < 1.29 is 4.74 Å². The third-order valence-corrected chi connectivity index (χ3v) is 4.01. The van der Waals surface area contributed by atoms with Gasteiger partial charge in [0.15, 0.2) is 5.96 Å². The molecule has 1 unspecified atom stereocenters. The van der Waals surface area contributed by atoms with Gasteiger partial charge in [-0.2, -0.15) is 0 Å². The molecule has 19 heavy (non-hydrogen) atoms. The predicted octanol–water partition coefficient (Wildman–Crippen LogP) is 1.91. The van der Waals surface area contributed by atoms with Crippen LogP contribution in [-0.4, -0.2) is 41.6 Å². The fourth-order valence-electron chi connectivity index (χ4n) is 2.00. The minimum atomic E-state index is 0. The van der Waals surface area contributed by atoms with Crippen LogP contribution in [-0.2, 0) is 11.3 Å². The first kappa shape index (κ1) is 16.6. The number of nitrogens with zero attached hydrogens (tertiary/aromatic N) is 3. The van der Waals surface area contributed by atoms with Crippen molar-refractivity contribution in [1.82, 2.24) is 9.88 Å². The quantitative estimate of drug-likeness (QED) is 0.471. The van der Waals surface area contributed by atoms with E-state index in [1.165, 1.54) is 4.88 Å². The van der Waals surface area contributed by atoms with Crippen molar-refractivity contribution in [2.75, 3.05) is 19.7 Å². The summed E-state index contributed by atoms with van der Waals surface area (Å²) in [6, 6.07) is 0. The van der Waals surface area contributed by atoms with Crippen LogP contribution in [0.5, 0.6) is 0 Å². The van der Waals surface area contributed by atoms with E-state index in [1.807, 2.05) is 13.8 Å². The molecule has 0 aromatic carbocycles. The van der Waals surface area contributed by atoms with Crippen molar-refractivity contribution in [3.8, 4) is 0 Å². The van der Waals surface area contributed by atoms with Crippen molar-refractivity contribution in [3.05, 3.63) is 15.6 Å². The number of hydrogen-bond acceptors (Lipinski definition) is 4. The van der Waals surface area contributed by atoms with Crippen LogP contribution in [0.15, 0.2) is 4.99 Å². The lowest BCUT2D eigenvalue weighted by molar-refractivity contribution is 0.00529. The van der Waals surface area contributed by atoms with Gasteiger partial charge < -0.3 is 15.4 Å². The minimum Gasteiger partial charge on any atom is -0.375 e.